The first-order valence-corrected chi connectivity index (χ1v) is 15.5. The lowest BCUT2D eigenvalue weighted by molar-refractivity contribution is 0.478. The van der Waals surface area contributed by atoms with E-state index >= 15 is 0 Å². The summed E-state index contributed by atoms with van der Waals surface area (Å²) in [6.45, 7) is 45.7. The zero-order chi connectivity index (χ0) is 30.7. The van der Waals surface area contributed by atoms with E-state index in [1.165, 1.54) is 27.8 Å². The Labute approximate surface area is 244 Å². The predicted octanol–water partition coefficient (Wildman–Crippen LogP) is 12.0. The highest BCUT2D eigenvalue weighted by molar-refractivity contribution is 5.60. The maximum atomic E-state index is 2.62. The van der Waals surface area contributed by atoms with Crippen LogP contribution in [0.25, 0.3) is 0 Å². The molecule has 0 aromatic heterocycles. The molecule has 1 unspecified atom stereocenters. The lowest BCUT2D eigenvalue weighted by atomic mass is 9.61. The first kappa shape index (κ1) is 33.6. The Kier molecular flexibility index (Phi) is 8.94. The normalized spacial score (nSPS) is 15.1. The van der Waals surface area contributed by atoms with Crippen molar-refractivity contribution in [1.82, 2.24) is 0 Å². The molecule has 0 nitrogen and oxygen atoms in total. The van der Waals surface area contributed by atoms with E-state index in [1.807, 2.05) is 0 Å². The molecule has 0 aliphatic heterocycles. The molecule has 0 aliphatic rings. The monoisotopic (exact) mass is 533 g/mol. The molecule has 0 bridgehead atoms. The molecule has 0 radical (unpaired) electrons. The van der Waals surface area contributed by atoms with Crippen LogP contribution in [0.2, 0.25) is 0 Å². The van der Waals surface area contributed by atoms with Crippen molar-refractivity contribution in [2.24, 2.45) is 0 Å². The zero-order valence-corrected chi connectivity index (χ0v) is 29.6. The molecule has 0 amide bonds. The van der Waals surface area contributed by atoms with Gasteiger partial charge in [0.15, 0.2) is 0 Å². The predicted molar refractivity (Wildman–Crippen MR) is 177 cm³/mol. The van der Waals surface area contributed by atoms with E-state index < -0.39 is 0 Å². The molecule has 0 saturated heterocycles. The lowest BCUT2D eigenvalue weighted by Crippen LogP contribution is -2.33. The molecule has 0 saturated carbocycles. The molecule has 0 fully saturated rings. The van der Waals surface area contributed by atoms with Crippen LogP contribution < -0.4 is 0 Å². The third-order valence-corrected chi connectivity index (χ3v) is 8.34. The van der Waals surface area contributed by atoms with Crippen molar-refractivity contribution in [3.8, 4) is 0 Å². The molecule has 2 aromatic carbocycles. The Hall–Kier alpha value is -1.56. The van der Waals surface area contributed by atoms with E-state index in [4.69, 9.17) is 0 Å². The van der Waals surface area contributed by atoms with Gasteiger partial charge in [-0.3, -0.25) is 0 Å². The fourth-order valence-corrected chi connectivity index (χ4v) is 6.41. The summed E-state index contributed by atoms with van der Waals surface area (Å²) in [5, 5.41) is 0. The quantitative estimate of drug-likeness (QED) is 0.369. The zero-order valence-electron chi connectivity index (χ0n) is 29.6. The van der Waals surface area contributed by atoms with E-state index in [1.54, 1.807) is 16.7 Å². The van der Waals surface area contributed by atoms with Crippen LogP contribution in [0.1, 0.15) is 188 Å². The van der Waals surface area contributed by atoms with Crippen molar-refractivity contribution in [1.29, 1.82) is 0 Å². The van der Waals surface area contributed by atoms with Gasteiger partial charge in [0.25, 0.3) is 0 Å². The minimum absolute atomic E-state index is 0.0101. The van der Waals surface area contributed by atoms with Crippen LogP contribution >= 0.6 is 0 Å². The van der Waals surface area contributed by atoms with Crippen molar-refractivity contribution in [3.05, 3.63) is 68.8 Å². The molecule has 0 heterocycles. The van der Waals surface area contributed by atoms with Gasteiger partial charge in [-0.2, -0.15) is 0 Å². The van der Waals surface area contributed by atoms with Gasteiger partial charge < -0.3 is 0 Å². The molecule has 2 rings (SSSR count). The van der Waals surface area contributed by atoms with Gasteiger partial charge in [-0.15, -0.1) is 0 Å². The molecule has 0 spiro atoms. The lowest BCUT2D eigenvalue weighted by Gasteiger charge is -2.43. The van der Waals surface area contributed by atoms with Crippen LogP contribution in [0.5, 0.6) is 0 Å². The first-order chi connectivity index (χ1) is 17.1. The van der Waals surface area contributed by atoms with E-state index in [2.05, 4.69) is 156 Å². The summed E-state index contributed by atoms with van der Waals surface area (Å²) in [5.41, 5.74) is 12.5. The van der Waals surface area contributed by atoms with Crippen molar-refractivity contribution in [2.45, 2.75) is 176 Å². The largest absolute Gasteiger partial charge is 0.0645 e. The summed E-state index contributed by atoms with van der Waals surface area (Å²) in [7, 11) is 0. The topological polar surface area (TPSA) is 0 Å². The second kappa shape index (κ2) is 10.4. The van der Waals surface area contributed by atoms with E-state index in [0.717, 1.165) is 6.42 Å². The maximum Gasteiger partial charge on any atom is 0.00957 e. The van der Waals surface area contributed by atoms with Gasteiger partial charge in [0.1, 0.15) is 0 Å². The highest BCUT2D eigenvalue weighted by atomic mass is 14.4. The van der Waals surface area contributed by atoms with Crippen molar-refractivity contribution in [2.75, 3.05) is 0 Å². The molecule has 0 N–H and O–H groups in total. The molecule has 1 atom stereocenters. The maximum absolute atomic E-state index is 2.62. The fraction of sp³-hybridized carbons (Fsp3) is 0.692. The van der Waals surface area contributed by atoms with Crippen LogP contribution in [-0.2, 0) is 32.5 Å². The fourth-order valence-electron chi connectivity index (χ4n) is 6.41. The van der Waals surface area contributed by atoms with Gasteiger partial charge in [-0.1, -0.05) is 156 Å². The highest BCUT2D eigenvalue weighted by Gasteiger charge is 2.39. The summed E-state index contributed by atoms with van der Waals surface area (Å²) in [4.78, 5) is 0. The second-order valence-corrected chi connectivity index (χ2v) is 18.4. The Morgan fingerprint density at radius 2 is 0.897 bits per heavy atom. The molecule has 2 aromatic rings. The van der Waals surface area contributed by atoms with Crippen LogP contribution in [0, 0.1) is 0 Å². The van der Waals surface area contributed by atoms with Crippen molar-refractivity contribution in [3.63, 3.8) is 0 Å². The third kappa shape index (κ3) is 7.21. The van der Waals surface area contributed by atoms with Gasteiger partial charge in [-0.05, 0) is 83.4 Å². The molecule has 39 heavy (non-hydrogen) atoms. The number of hydrogen-bond acceptors (Lipinski definition) is 0. The molecule has 0 heteroatoms. The molecular weight excluding hydrogens is 468 g/mol. The average molecular weight is 533 g/mol. The number of rotatable bonds is 3. The van der Waals surface area contributed by atoms with Crippen LogP contribution in [0.3, 0.4) is 0 Å². The smallest absolute Gasteiger partial charge is 0.00957 e. The van der Waals surface area contributed by atoms with Gasteiger partial charge in [0.2, 0.25) is 0 Å². The summed E-state index contributed by atoms with van der Waals surface area (Å²) in [6, 6.07) is 10.0. The van der Waals surface area contributed by atoms with Gasteiger partial charge >= 0.3 is 0 Å². The number of hydrogen-bond donors (Lipinski definition) is 0. The Morgan fingerprint density at radius 1 is 0.462 bits per heavy atom. The Bertz CT molecular complexity index is 1160. The van der Waals surface area contributed by atoms with Crippen molar-refractivity contribution >= 4 is 0 Å². The minimum atomic E-state index is 0.0101. The number of benzene rings is 2. The van der Waals surface area contributed by atoms with Gasteiger partial charge in [-0.25, -0.2) is 0 Å². The van der Waals surface area contributed by atoms with Crippen LogP contribution in [-0.4, -0.2) is 0 Å². The van der Waals surface area contributed by atoms with E-state index in [-0.39, 0.29) is 32.5 Å². The van der Waals surface area contributed by atoms with E-state index in [0.29, 0.717) is 5.92 Å². The van der Waals surface area contributed by atoms with Crippen molar-refractivity contribution < 1.29 is 0 Å². The molecule has 0 aliphatic carbocycles. The summed E-state index contributed by atoms with van der Waals surface area (Å²) < 4.78 is 0. The minimum Gasteiger partial charge on any atom is -0.0645 e. The third-order valence-electron chi connectivity index (χ3n) is 8.34. The molecule has 220 valence electrons. The Morgan fingerprint density at radius 3 is 1.23 bits per heavy atom. The molecular formula is C39H64. The van der Waals surface area contributed by atoms with Crippen LogP contribution in [0.15, 0.2) is 24.3 Å². The van der Waals surface area contributed by atoms with Gasteiger partial charge in [0.05, 0.1) is 0 Å². The second-order valence-electron chi connectivity index (χ2n) is 18.4. The standard InChI is InChI=1S/C39H64/c1-20-26(27-23-25(34(2,3)4)21-22-28(27)35(5,6)7)31-29(36(8,9)10)24-30(37(11,12)13)32(38(14,15)16)33(31)39(17,18)19/h21-24,26H,20H2,1-19H3. The highest BCUT2D eigenvalue weighted by Crippen LogP contribution is 2.51. The first-order valence-electron chi connectivity index (χ1n) is 15.5. The Balaban J connectivity index is 3.35. The summed E-state index contributed by atoms with van der Waals surface area (Å²) in [6.07, 6.45) is 1.08. The summed E-state index contributed by atoms with van der Waals surface area (Å²) >= 11 is 0. The average Bonchev–Trinajstić information content (AvgIpc) is 2.69. The van der Waals surface area contributed by atoms with E-state index in [9.17, 15) is 0 Å². The summed E-state index contributed by atoms with van der Waals surface area (Å²) in [5.74, 6) is 0.333. The van der Waals surface area contributed by atoms with Crippen LogP contribution in [0.4, 0.5) is 0 Å². The SMILES string of the molecule is CCC(c1cc(C(C)(C)C)ccc1C(C)(C)C)c1c(C(C)(C)C)cc(C(C)(C)C)c(C(C)(C)C)c1C(C)(C)C. The van der Waals surface area contributed by atoms with Gasteiger partial charge in [0, 0.05) is 5.92 Å².